The average Bonchev–Trinajstić information content (AvgIpc) is 2.86. The number of aryl methyl sites for hydroxylation is 1. The van der Waals surface area contributed by atoms with Crippen LogP contribution in [0.25, 0.3) is 0 Å². The Morgan fingerprint density at radius 2 is 1.81 bits per heavy atom. The standard InChI is InChI=1S/C26H21F2N3O5/c27-16-9-7-15(19(28)12-16)13-31-25(35)21-22(29)17-5-1-2-6-18(17)26(36,24(21)34)23-14(4-3-11-30-23)8-10-20(32)33/h1-7,9,11-12,29,34,36H,8,10,13H2,(H,31,35)(H,32,33). The van der Waals surface area contributed by atoms with E-state index in [1.165, 1.54) is 18.3 Å². The molecule has 1 aliphatic rings. The Morgan fingerprint density at radius 3 is 2.53 bits per heavy atom. The van der Waals surface area contributed by atoms with Crippen LogP contribution < -0.4 is 5.32 Å². The SMILES string of the molecule is N=C1C(C(=O)NCc2ccc(F)cc2F)=C(O)C(O)(c2ncccc2CCC(=O)O)c2ccccc21. The van der Waals surface area contributed by atoms with Gasteiger partial charge in [-0.25, -0.2) is 8.78 Å². The number of aliphatic carboxylic acids is 1. The topological polar surface area (TPSA) is 144 Å². The first-order chi connectivity index (χ1) is 17.1. The number of amides is 1. The number of nitrogens with one attached hydrogen (secondary N) is 2. The van der Waals surface area contributed by atoms with Crippen LogP contribution in [0.5, 0.6) is 0 Å². The first-order valence-corrected chi connectivity index (χ1v) is 10.9. The predicted octanol–water partition coefficient (Wildman–Crippen LogP) is 3.12. The number of benzene rings is 2. The lowest BCUT2D eigenvalue weighted by molar-refractivity contribution is -0.137. The molecule has 5 N–H and O–H groups in total. The number of pyridine rings is 1. The summed E-state index contributed by atoms with van der Waals surface area (Å²) in [6, 6.07) is 12.1. The van der Waals surface area contributed by atoms with Crippen LogP contribution in [0.3, 0.4) is 0 Å². The van der Waals surface area contributed by atoms with Crippen LogP contribution >= 0.6 is 0 Å². The van der Waals surface area contributed by atoms with Crippen molar-refractivity contribution in [3.05, 3.63) is 112 Å². The molecule has 184 valence electrons. The van der Waals surface area contributed by atoms with Gasteiger partial charge in [0.25, 0.3) is 5.91 Å². The van der Waals surface area contributed by atoms with Crippen LogP contribution in [0.15, 0.2) is 72.1 Å². The van der Waals surface area contributed by atoms with Crippen LogP contribution in [0, 0.1) is 17.0 Å². The number of carboxylic acids is 1. The van der Waals surface area contributed by atoms with E-state index in [0.717, 1.165) is 12.1 Å². The molecule has 0 aliphatic heterocycles. The number of aliphatic hydroxyl groups is 2. The molecule has 0 spiro atoms. The summed E-state index contributed by atoms with van der Waals surface area (Å²) in [5, 5.41) is 43.3. The van der Waals surface area contributed by atoms with Crippen LogP contribution in [0.4, 0.5) is 8.78 Å². The van der Waals surface area contributed by atoms with E-state index in [2.05, 4.69) is 10.3 Å². The van der Waals surface area contributed by atoms with Gasteiger partial charge in [-0.05, 0) is 24.1 Å². The van der Waals surface area contributed by atoms with Crippen molar-refractivity contribution in [1.29, 1.82) is 5.41 Å². The molecule has 8 nitrogen and oxygen atoms in total. The van der Waals surface area contributed by atoms with Crippen molar-refractivity contribution in [2.24, 2.45) is 0 Å². The zero-order chi connectivity index (χ0) is 26.0. The Kier molecular flexibility index (Phi) is 6.63. The van der Waals surface area contributed by atoms with Gasteiger partial charge in [0.2, 0.25) is 0 Å². The quantitative estimate of drug-likeness (QED) is 0.342. The molecule has 3 aromatic rings. The Morgan fingerprint density at radius 1 is 1.06 bits per heavy atom. The maximum Gasteiger partial charge on any atom is 0.303 e. The van der Waals surface area contributed by atoms with Gasteiger partial charge in [0.05, 0.1) is 11.4 Å². The summed E-state index contributed by atoms with van der Waals surface area (Å²) in [7, 11) is 0. The first-order valence-electron chi connectivity index (χ1n) is 10.9. The second-order valence-electron chi connectivity index (χ2n) is 8.18. The molecular weight excluding hydrogens is 472 g/mol. The number of aliphatic hydroxyl groups excluding tert-OH is 1. The molecule has 0 fully saturated rings. The highest BCUT2D eigenvalue weighted by molar-refractivity contribution is 6.28. The molecule has 0 radical (unpaired) electrons. The van der Waals surface area contributed by atoms with Crippen molar-refractivity contribution >= 4 is 17.6 Å². The van der Waals surface area contributed by atoms with Gasteiger partial charge in [-0.3, -0.25) is 20.0 Å². The molecule has 2 aromatic carbocycles. The van der Waals surface area contributed by atoms with Gasteiger partial charge < -0.3 is 20.6 Å². The lowest BCUT2D eigenvalue weighted by Crippen LogP contribution is -2.42. The lowest BCUT2D eigenvalue weighted by Gasteiger charge is -2.35. The second kappa shape index (κ2) is 9.67. The molecule has 1 atom stereocenters. The normalized spacial score (nSPS) is 17.0. The number of carbonyl (C=O) groups excluding carboxylic acids is 1. The van der Waals surface area contributed by atoms with E-state index in [1.54, 1.807) is 24.3 Å². The van der Waals surface area contributed by atoms with Crippen molar-refractivity contribution in [2.45, 2.75) is 25.0 Å². The highest BCUT2D eigenvalue weighted by Gasteiger charge is 2.48. The minimum atomic E-state index is -2.37. The van der Waals surface area contributed by atoms with Crippen molar-refractivity contribution in [3.63, 3.8) is 0 Å². The number of hydrogen-bond acceptors (Lipinski definition) is 6. The molecule has 1 amide bonds. The number of hydrogen-bond donors (Lipinski definition) is 5. The van der Waals surface area contributed by atoms with Gasteiger partial charge in [-0.2, -0.15) is 0 Å². The molecule has 10 heteroatoms. The zero-order valence-corrected chi connectivity index (χ0v) is 18.8. The zero-order valence-electron chi connectivity index (χ0n) is 18.8. The molecule has 4 rings (SSSR count). The third-order valence-corrected chi connectivity index (χ3v) is 5.94. The van der Waals surface area contributed by atoms with Crippen molar-refractivity contribution in [3.8, 4) is 0 Å². The highest BCUT2D eigenvalue weighted by Crippen LogP contribution is 2.43. The van der Waals surface area contributed by atoms with E-state index in [-0.39, 0.29) is 47.5 Å². The molecule has 0 saturated heterocycles. The molecule has 0 bridgehead atoms. The van der Waals surface area contributed by atoms with Crippen LogP contribution in [-0.2, 0) is 28.2 Å². The van der Waals surface area contributed by atoms with E-state index in [0.29, 0.717) is 11.6 Å². The fourth-order valence-corrected chi connectivity index (χ4v) is 4.18. The number of fused-ring (bicyclic) bond motifs is 1. The summed E-state index contributed by atoms with van der Waals surface area (Å²) >= 11 is 0. The Balaban J connectivity index is 1.80. The Hall–Kier alpha value is -4.44. The van der Waals surface area contributed by atoms with Crippen LogP contribution in [-0.4, -0.2) is 37.9 Å². The number of aromatic nitrogens is 1. The van der Waals surface area contributed by atoms with Gasteiger partial charge in [-0.15, -0.1) is 0 Å². The predicted molar refractivity (Wildman–Crippen MR) is 124 cm³/mol. The largest absolute Gasteiger partial charge is 0.507 e. The maximum absolute atomic E-state index is 14.0. The molecule has 1 unspecified atom stereocenters. The van der Waals surface area contributed by atoms with E-state index in [1.807, 2.05) is 0 Å². The molecule has 0 saturated carbocycles. The molecular formula is C26H21F2N3O5. The smallest absolute Gasteiger partial charge is 0.303 e. The summed E-state index contributed by atoms with van der Waals surface area (Å²) in [6.07, 6.45) is 1.07. The first kappa shape index (κ1) is 24.7. The second-order valence-corrected chi connectivity index (χ2v) is 8.18. The highest BCUT2D eigenvalue weighted by atomic mass is 19.1. The van der Waals surface area contributed by atoms with E-state index >= 15 is 0 Å². The molecule has 1 aliphatic carbocycles. The molecule has 1 aromatic heterocycles. The van der Waals surface area contributed by atoms with Gasteiger partial charge in [0.15, 0.2) is 5.60 Å². The van der Waals surface area contributed by atoms with E-state index < -0.39 is 40.4 Å². The summed E-state index contributed by atoms with van der Waals surface area (Å²) in [4.78, 5) is 28.5. The van der Waals surface area contributed by atoms with E-state index in [9.17, 15) is 28.6 Å². The third-order valence-electron chi connectivity index (χ3n) is 5.94. The molecule has 36 heavy (non-hydrogen) atoms. The number of carboxylic acid groups (broad SMARTS) is 1. The fraction of sp³-hybridized carbons (Fsp3) is 0.154. The minimum Gasteiger partial charge on any atom is -0.507 e. The van der Waals surface area contributed by atoms with Crippen molar-refractivity contribution in [2.75, 3.05) is 0 Å². The number of nitrogens with zero attached hydrogens (tertiary/aromatic N) is 1. The average molecular weight is 493 g/mol. The summed E-state index contributed by atoms with van der Waals surface area (Å²) in [6.45, 7) is -0.372. The van der Waals surface area contributed by atoms with Gasteiger partial charge >= 0.3 is 5.97 Å². The summed E-state index contributed by atoms with van der Waals surface area (Å²) in [5.41, 5.74) is -2.87. The summed E-state index contributed by atoms with van der Waals surface area (Å²) < 4.78 is 27.2. The van der Waals surface area contributed by atoms with Gasteiger partial charge in [0, 0.05) is 41.9 Å². The monoisotopic (exact) mass is 493 g/mol. The molecule has 1 heterocycles. The van der Waals surface area contributed by atoms with Crippen LogP contribution in [0.1, 0.15) is 34.4 Å². The van der Waals surface area contributed by atoms with Crippen molar-refractivity contribution in [1.82, 2.24) is 10.3 Å². The Labute approximate surface area is 204 Å². The van der Waals surface area contributed by atoms with Crippen molar-refractivity contribution < 1.29 is 33.7 Å². The fourth-order valence-electron chi connectivity index (χ4n) is 4.18. The van der Waals surface area contributed by atoms with Gasteiger partial charge in [0.1, 0.15) is 23.0 Å². The number of halogens is 2. The number of rotatable bonds is 7. The maximum atomic E-state index is 14.0. The number of carbonyl (C=O) groups is 2. The third kappa shape index (κ3) is 4.34. The van der Waals surface area contributed by atoms with Crippen LogP contribution in [0.2, 0.25) is 0 Å². The lowest BCUT2D eigenvalue weighted by atomic mass is 9.74. The summed E-state index contributed by atoms with van der Waals surface area (Å²) in [5.74, 6) is -4.59. The van der Waals surface area contributed by atoms with Gasteiger partial charge in [-0.1, -0.05) is 36.4 Å². The minimum absolute atomic E-state index is 0.0148. The Bertz CT molecular complexity index is 1420. The van der Waals surface area contributed by atoms with E-state index in [4.69, 9.17) is 10.5 Å².